The SMILES string of the molecule is CSCc1ccccc1C1CCCC1Cl. The second-order valence-corrected chi connectivity index (χ2v) is 5.61. The van der Waals surface area contributed by atoms with Gasteiger partial charge in [-0.15, -0.1) is 11.6 Å². The molecule has 0 radical (unpaired) electrons. The third-order valence-corrected chi connectivity index (χ3v) is 4.31. The number of halogens is 1. The van der Waals surface area contributed by atoms with Crippen LogP contribution in [0.4, 0.5) is 0 Å². The molecule has 1 aliphatic rings. The molecule has 0 aromatic heterocycles. The summed E-state index contributed by atoms with van der Waals surface area (Å²) in [5.41, 5.74) is 2.96. The van der Waals surface area contributed by atoms with Crippen LogP contribution in [0.3, 0.4) is 0 Å². The lowest BCUT2D eigenvalue weighted by molar-refractivity contribution is 0.723. The van der Waals surface area contributed by atoms with Crippen molar-refractivity contribution < 1.29 is 0 Å². The summed E-state index contributed by atoms with van der Waals surface area (Å²) in [6.45, 7) is 0. The smallest absolute Gasteiger partial charge is 0.0404 e. The first-order chi connectivity index (χ1) is 7.33. The Hall–Kier alpha value is -0.140. The largest absolute Gasteiger partial charge is 0.161 e. The van der Waals surface area contributed by atoms with Crippen LogP contribution in [-0.2, 0) is 5.75 Å². The molecule has 2 unspecified atom stereocenters. The Morgan fingerprint density at radius 1 is 1.33 bits per heavy atom. The monoisotopic (exact) mass is 240 g/mol. The summed E-state index contributed by atoms with van der Waals surface area (Å²) < 4.78 is 0. The van der Waals surface area contributed by atoms with Gasteiger partial charge in [0.25, 0.3) is 0 Å². The standard InChI is InChI=1S/C13H17ClS/c1-15-9-10-5-2-3-6-11(10)12-7-4-8-13(12)14/h2-3,5-6,12-13H,4,7-9H2,1H3. The number of alkyl halides is 1. The molecule has 1 aromatic carbocycles. The number of benzene rings is 1. The summed E-state index contributed by atoms with van der Waals surface area (Å²) in [4.78, 5) is 0. The van der Waals surface area contributed by atoms with Gasteiger partial charge in [-0.3, -0.25) is 0 Å². The highest BCUT2D eigenvalue weighted by Gasteiger charge is 2.27. The molecule has 0 bridgehead atoms. The van der Waals surface area contributed by atoms with Crippen molar-refractivity contribution in [1.29, 1.82) is 0 Å². The zero-order valence-electron chi connectivity index (χ0n) is 9.08. The summed E-state index contributed by atoms with van der Waals surface area (Å²) in [5, 5.41) is 0.355. The van der Waals surface area contributed by atoms with Crippen molar-refractivity contribution in [3.05, 3.63) is 35.4 Å². The van der Waals surface area contributed by atoms with Gasteiger partial charge in [0.15, 0.2) is 0 Å². The van der Waals surface area contributed by atoms with E-state index in [4.69, 9.17) is 11.6 Å². The van der Waals surface area contributed by atoms with E-state index in [1.165, 1.54) is 30.4 Å². The third kappa shape index (κ3) is 2.51. The van der Waals surface area contributed by atoms with E-state index in [1.807, 2.05) is 11.8 Å². The zero-order valence-corrected chi connectivity index (χ0v) is 10.7. The molecule has 1 aromatic rings. The number of hydrogen-bond donors (Lipinski definition) is 0. The molecule has 1 fully saturated rings. The summed E-state index contributed by atoms with van der Waals surface area (Å²) >= 11 is 8.26. The quantitative estimate of drug-likeness (QED) is 0.705. The fourth-order valence-corrected chi connectivity index (χ4v) is 3.44. The Morgan fingerprint density at radius 3 is 2.80 bits per heavy atom. The molecule has 2 rings (SSSR count). The molecule has 15 heavy (non-hydrogen) atoms. The van der Waals surface area contributed by atoms with Gasteiger partial charge in [-0.2, -0.15) is 11.8 Å². The van der Waals surface area contributed by atoms with Gasteiger partial charge in [-0.05, 0) is 30.2 Å². The van der Waals surface area contributed by atoms with E-state index in [0.29, 0.717) is 11.3 Å². The van der Waals surface area contributed by atoms with Crippen LogP contribution in [-0.4, -0.2) is 11.6 Å². The summed E-state index contributed by atoms with van der Waals surface area (Å²) in [7, 11) is 0. The van der Waals surface area contributed by atoms with Crippen molar-refractivity contribution >= 4 is 23.4 Å². The van der Waals surface area contributed by atoms with E-state index in [0.717, 1.165) is 5.75 Å². The van der Waals surface area contributed by atoms with Crippen molar-refractivity contribution in [3.8, 4) is 0 Å². The van der Waals surface area contributed by atoms with E-state index >= 15 is 0 Å². The maximum Gasteiger partial charge on any atom is 0.0404 e. The van der Waals surface area contributed by atoms with Crippen LogP contribution in [0.15, 0.2) is 24.3 Å². The molecule has 82 valence electrons. The van der Waals surface area contributed by atoms with Gasteiger partial charge in [0.05, 0.1) is 0 Å². The Balaban J connectivity index is 2.25. The van der Waals surface area contributed by atoms with Crippen LogP contribution < -0.4 is 0 Å². The minimum atomic E-state index is 0.355. The average molecular weight is 241 g/mol. The van der Waals surface area contributed by atoms with E-state index in [-0.39, 0.29) is 0 Å². The molecular weight excluding hydrogens is 224 g/mol. The molecule has 0 heterocycles. The minimum Gasteiger partial charge on any atom is -0.161 e. The third-order valence-electron chi connectivity index (χ3n) is 3.19. The molecule has 1 aliphatic carbocycles. The molecule has 0 amide bonds. The highest BCUT2D eigenvalue weighted by atomic mass is 35.5. The van der Waals surface area contributed by atoms with Gasteiger partial charge in [-0.1, -0.05) is 30.7 Å². The topological polar surface area (TPSA) is 0 Å². The lowest BCUT2D eigenvalue weighted by Crippen LogP contribution is -2.07. The maximum atomic E-state index is 6.38. The van der Waals surface area contributed by atoms with Crippen molar-refractivity contribution in [3.63, 3.8) is 0 Å². The Kier molecular flexibility index (Phi) is 3.99. The molecule has 2 heteroatoms. The van der Waals surface area contributed by atoms with E-state index in [9.17, 15) is 0 Å². The first-order valence-electron chi connectivity index (χ1n) is 5.53. The van der Waals surface area contributed by atoms with E-state index < -0.39 is 0 Å². The molecule has 0 N–H and O–H groups in total. The maximum absolute atomic E-state index is 6.38. The molecular formula is C13H17ClS. The zero-order chi connectivity index (χ0) is 10.7. The van der Waals surface area contributed by atoms with Crippen LogP contribution in [0, 0.1) is 0 Å². The molecule has 0 nitrogen and oxygen atoms in total. The van der Waals surface area contributed by atoms with Gasteiger partial charge in [0.1, 0.15) is 0 Å². The van der Waals surface area contributed by atoms with Crippen molar-refractivity contribution in [2.45, 2.75) is 36.3 Å². The highest BCUT2D eigenvalue weighted by molar-refractivity contribution is 7.97. The highest BCUT2D eigenvalue weighted by Crippen LogP contribution is 2.39. The Bertz CT molecular complexity index is 324. The number of thioether (sulfide) groups is 1. The van der Waals surface area contributed by atoms with Crippen molar-refractivity contribution in [1.82, 2.24) is 0 Å². The van der Waals surface area contributed by atoms with Gasteiger partial charge in [0, 0.05) is 17.0 Å². The van der Waals surface area contributed by atoms with Crippen molar-refractivity contribution in [2.24, 2.45) is 0 Å². The van der Waals surface area contributed by atoms with Crippen LogP contribution in [0.1, 0.15) is 36.3 Å². The van der Waals surface area contributed by atoms with Crippen molar-refractivity contribution in [2.75, 3.05) is 6.26 Å². The van der Waals surface area contributed by atoms with Gasteiger partial charge >= 0.3 is 0 Å². The fraction of sp³-hybridized carbons (Fsp3) is 0.538. The summed E-state index contributed by atoms with van der Waals surface area (Å²) in [5.74, 6) is 1.70. The minimum absolute atomic E-state index is 0.355. The van der Waals surface area contributed by atoms with Crippen LogP contribution in [0.5, 0.6) is 0 Å². The molecule has 2 atom stereocenters. The summed E-state index contributed by atoms with van der Waals surface area (Å²) in [6, 6.07) is 8.78. The molecule has 0 spiro atoms. The van der Waals surface area contributed by atoms with Gasteiger partial charge in [0.2, 0.25) is 0 Å². The normalized spacial score (nSPS) is 25.7. The lowest BCUT2D eigenvalue weighted by atomic mass is 9.93. The number of rotatable bonds is 3. The Labute approximate surface area is 101 Å². The summed E-state index contributed by atoms with van der Waals surface area (Å²) in [6.07, 6.45) is 5.88. The van der Waals surface area contributed by atoms with E-state index in [2.05, 4.69) is 30.5 Å². The predicted molar refractivity (Wildman–Crippen MR) is 69.9 cm³/mol. The van der Waals surface area contributed by atoms with Crippen LogP contribution in [0.2, 0.25) is 0 Å². The fourth-order valence-electron chi connectivity index (χ4n) is 2.45. The van der Waals surface area contributed by atoms with Crippen LogP contribution in [0.25, 0.3) is 0 Å². The second-order valence-electron chi connectivity index (χ2n) is 4.19. The van der Waals surface area contributed by atoms with Gasteiger partial charge in [-0.25, -0.2) is 0 Å². The second kappa shape index (κ2) is 5.27. The Morgan fingerprint density at radius 2 is 2.13 bits per heavy atom. The van der Waals surface area contributed by atoms with Gasteiger partial charge < -0.3 is 0 Å². The average Bonchev–Trinajstić information content (AvgIpc) is 2.66. The number of hydrogen-bond acceptors (Lipinski definition) is 1. The predicted octanol–water partition coefficient (Wildman–Crippen LogP) is 4.42. The first-order valence-corrected chi connectivity index (χ1v) is 7.36. The molecule has 0 saturated heterocycles. The van der Waals surface area contributed by atoms with Crippen LogP contribution >= 0.6 is 23.4 Å². The lowest BCUT2D eigenvalue weighted by Gasteiger charge is -2.17. The molecule has 0 aliphatic heterocycles. The van der Waals surface area contributed by atoms with E-state index in [1.54, 1.807) is 0 Å². The molecule has 1 saturated carbocycles. The first kappa shape index (κ1) is 11.3.